The number of hydrogen-bond acceptors (Lipinski definition) is 2. The van der Waals surface area contributed by atoms with Crippen molar-refractivity contribution < 1.29 is 0 Å². The van der Waals surface area contributed by atoms with Gasteiger partial charge < -0.3 is 4.98 Å². The predicted octanol–water partition coefficient (Wildman–Crippen LogP) is 2.96. The van der Waals surface area contributed by atoms with Gasteiger partial charge in [-0.25, -0.2) is 4.98 Å². The van der Waals surface area contributed by atoms with Crippen LogP contribution in [0.2, 0.25) is 0 Å². The van der Waals surface area contributed by atoms with Crippen molar-refractivity contribution in [2.24, 2.45) is 0 Å². The van der Waals surface area contributed by atoms with Gasteiger partial charge in [-0.2, -0.15) is 11.8 Å². The van der Waals surface area contributed by atoms with Gasteiger partial charge in [-0.1, -0.05) is 6.92 Å². The third-order valence-electron chi connectivity index (χ3n) is 2.63. The molecule has 72 valence electrons. The Morgan fingerprint density at radius 2 is 2.54 bits per heavy atom. The van der Waals surface area contributed by atoms with Gasteiger partial charge >= 0.3 is 0 Å². The van der Waals surface area contributed by atoms with E-state index in [1.54, 1.807) is 0 Å². The number of rotatable bonds is 1. The Balaban J connectivity index is 2.22. The second kappa shape index (κ2) is 3.65. The lowest BCUT2D eigenvalue weighted by Gasteiger charge is -2.31. The minimum atomic E-state index is 0.307. The first kappa shape index (κ1) is 9.59. The van der Waals surface area contributed by atoms with Crippen LogP contribution in [0.25, 0.3) is 0 Å². The highest BCUT2D eigenvalue weighted by molar-refractivity contribution is 9.10. The summed E-state index contributed by atoms with van der Waals surface area (Å²) in [6, 6.07) is 0. The molecule has 2 heterocycles. The molecule has 1 unspecified atom stereocenters. The van der Waals surface area contributed by atoms with Crippen LogP contribution in [0.1, 0.15) is 25.5 Å². The topological polar surface area (TPSA) is 28.7 Å². The van der Waals surface area contributed by atoms with Crippen molar-refractivity contribution in [3.8, 4) is 0 Å². The summed E-state index contributed by atoms with van der Waals surface area (Å²) in [4.78, 5) is 7.47. The Morgan fingerprint density at radius 3 is 3.08 bits per heavy atom. The maximum Gasteiger partial charge on any atom is 0.174 e. The van der Waals surface area contributed by atoms with E-state index in [4.69, 9.17) is 0 Å². The van der Waals surface area contributed by atoms with E-state index in [2.05, 4.69) is 32.8 Å². The third-order valence-corrected chi connectivity index (χ3v) is 4.45. The van der Waals surface area contributed by atoms with Crippen molar-refractivity contribution in [1.82, 2.24) is 9.97 Å². The van der Waals surface area contributed by atoms with Gasteiger partial charge in [0.15, 0.2) is 4.73 Å². The summed E-state index contributed by atoms with van der Waals surface area (Å²) in [5.74, 6) is 2.52. The van der Waals surface area contributed by atoms with E-state index in [1.165, 1.54) is 30.0 Å². The van der Waals surface area contributed by atoms with Gasteiger partial charge in [0.05, 0.1) is 0 Å². The average molecular weight is 261 g/mol. The number of aromatic nitrogens is 2. The van der Waals surface area contributed by atoms with Crippen molar-refractivity contribution in [1.29, 1.82) is 0 Å². The molecule has 1 N–H and O–H groups in total. The standard InChI is InChI=1S/C9H13BrN2S/c1-9(3-2-4-13-6-9)7-5-11-8(10)12-7/h5H,2-4,6H2,1H3,(H,11,12). The molecule has 1 aliphatic rings. The zero-order valence-electron chi connectivity index (χ0n) is 7.64. The first-order valence-electron chi connectivity index (χ1n) is 4.49. The van der Waals surface area contributed by atoms with Gasteiger partial charge in [0, 0.05) is 23.1 Å². The van der Waals surface area contributed by atoms with Crippen molar-refractivity contribution in [3.63, 3.8) is 0 Å². The number of thioether (sulfide) groups is 1. The van der Waals surface area contributed by atoms with Crippen molar-refractivity contribution >= 4 is 27.7 Å². The number of imidazole rings is 1. The van der Waals surface area contributed by atoms with Crippen molar-refractivity contribution in [3.05, 3.63) is 16.6 Å². The molecule has 1 saturated heterocycles. The number of aromatic amines is 1. The molecule has 0 spiro atoms. The number of nitrogens with zero attached hydrogens (tertiary/aromatic N) is 1. The number of H-pyrrole nitrogens is 1. The molecular formula is C9H13BrN2S. The first-order chi connectivity index (χ1) is 6.21. The van der Waals surface area contributed by atoms with Gasteiger partial charge in [-0.15, -0.1) is 0 Å². The van der Waals surface area contributed by atoms with Gasteiger partial charge in [0.1, 0.15) is 0 Å². The highest BCUT2D eigenvalue weighted by Gasteiger charge is 2.30. The Kier molecular flexibility index (Phi) is 2.70. The summed E-state index contributed by atoms with van der Waals surface area (Å²) >= 11 is 5.39. The van der Waals surface area contributed by atoms with Crippen LogP contribution in [-0.2, 0) is 5.41 Å². The van der Waals surface area contributed by atoms with Crippen LogP contribution in [-0.4, -0.2) is 21.5 Å². The van der Waals surface area contributed by atoms with Crippen LogP contribution >= 0.6 is 27.7 Å². The summed E-state index contributed by atoms with van der Waals surface area (Å²) in [6.45, 7) is 2.32. The predicted molar refractivity (Wildman–Crippen MR) is 60.2 cm³/mol. The minimum absolute atomic E-state index is 0.307. The van der Waals surface area contributed by atoms with Crippen LogP contribution in [0.15, 0.2) is 10.9 Å². The molecule has 0 bridgehead atoms. The zero-order chi connectivity index (χ0) is 9.31. The summed E-state index contributed by atoms with van der Waals surface area (Å²) in [5, 5.41) is 0. The molecule has 2 rings (SSSR count). The van der Waals surface area contributed by atoms with Gasteiger partial charge in [0.2, 0.25) is 0 Å². The third kappa shape index (κ3) is 1.94. The van der Waals surface area contributed by atoms with E-state index in [0.717, 1.165) is 4.73 Å². The van der Waals surface area contributed by atoms with Crippen LogP contribution in [0.4, 0.5) is 0 Å². The molecule has 1 fully saturated rings. The lowest BCUT2D eigenvalue weighted by Crippen LogP contribution is -2.29. The SMILES string of the molecule is CC1(c2cnc(Br)[nH]2)CCCSC1. The smallest absolute Gasteiger partial charge is 0.174 e. The molecule has 4 heteroatoms. The monoisotopic (exact) mass is 260 g/mol. The van der Waals surface area contributed by atoms with Crippen LogP contribution < -0.4 is 0 Å². The number of hydrogen-bond donors (Lipinski definition) is 1. The fourth-order valence-electron chi connectivity index (χ4n) is 1.75. The average Bonchev–Trinajstić information content (AvgIpc) is 2.54. The van der Waals surface area contributed by atoms with E-state index in [9.17, 15) is 0 Å². The molecule has 1 aromatic heterocycles. The normalized spacial score (nSPS) is 29.1. The van der Waals surface area contributed by atoms with Crippen molar-refractivity contribution in [2.45, 2.75) is 25.2 Å². The molecule has 0 saturated carbocycles. The molecule has 1 aliphatic heterocycles. The minimum Gasteiger partial charge on any atom is -0.336 e. The van der Waals surface area contributed by atoms with Crippen LogP contribution in [0.3, 0.4) is 0 Å². The molecule has 0 radical (unpaired) electrons. The Labute approximate surface area is 91.0 Å². The largest absolute Gasteiger partial charge is 0.336 e. The second-order valence-electron chi connectivity index (χ2n) is 3.80. The molecule has 0 aromatic carbocycles. The van der Waals surface area contributed by atoms with E-state index in [1.807, 2.05) is 18.0 Å². The van der Waals surface area contributed by atoms with Crippen LogP contribution in [0.5, 0.6) is 0 Å². The summed E-state index contributed by atoms with van der Waals surface area (Å²) in [5.41, 5.74) is 1.58. The maximum absolute atomic E-state index is 4.19. The first-order valence-corrected chi connectivity index (χ1v) is 6.44. The number of nitrogens with one attached hydrogen (secondary N) is 1. The molecule has 2 nitrogen and oxygen atoms in total. The molecule has 0 aliphatic carbocycles. The Bertz CT molecular complexity index is 292. The van der Waals surface area contributed by atoms with E-state index in [0.29, 0.717) is 5.41 Å². The fourth-order valence-corrected chi connectivity index (χ4v) is 3.31. The maximum atomic E-state index is 4.19. The summed E-state index contributed by atoms with van der Waals surface area (Å²) in [6.07, 6.45) is 4.54. The van der Waals surface area contributed by atoms with Crippen LogP contribution in [0, 0.1) is 0 Å². The quantitative estimate of drug-likeness (QED) is 0.842. The molecule has 1 atom stereocenters. The molecule has 0 amide bonds. The molecule has 13 heavy (non-hydrogen) atoms. The van der Waals surface area contributed by atoms with Gasteiger partial charge in [-0.3, -0.25) is 0 Å². The Morgan fingerprint density at radius 1 is 1.69 bits per heavy atom. The number of halogens is 1. The zero-order valence-corrected chi connectivity index (χ0v) is 10.0. The molecule has 1 aromatic rings. The van der Waals surface area contributed by atoms with Gasteiger partial charge in [0.25, 0.3) is 0 Å². The summed E-state index contributed by atoms with van der Waals surface area (Å²) in [7, 11) is 0. The second-order valence-corrected chi connectivity index (χ2v) is 5.66. The van der Waals surface area contributed by atoms with E-state index in [-0.39, 0.29) is 0 Å². The highest BCUT2D eigenvalue weighted by Crippen LogP contribution is 2.36. The highest BCUT2D eigenvalue weighted by atomic mass is 79.9. The van der Waals surface area contributed by atoms with E-state index < -0.39 is 0 Å². The Hall–Kier alpha value is 0.0400. The fraction of sp³-hybridized carbons (Fsp3) is 0.667. The van der Waals surface area contributed by atoms with Gasteiger partial charge in [-0.05, 0) is 34.5 Å². The molecular weight excluding hydrogens is 248 g/mol. The van der Waals surface area contributed by atoms with E-state index >= 15 is 0 Å². The summed E-state index contributed by atoms with van der Waals surface area (Å²) < 4.78 is 0.847. The van der Waals surface area contributed by atoms with Crippen molar-refractivity contribution in [2.75, 3.05) is 11.5 Å². The lowest BCUT2D eigenvalue weighted by atomic mass is 9.84. The lowest BCUT2D eigenvalue weighted by molar-refractivity contribution is 0.461.